The van der Waals surface area contributed by atoms with E-state index in [1.807, 2.05) is 49.4 Å². The average Bonchev–Trinajstić information content (AvgIpc) is 3.45. The molecule has 1 aliphatic heterocycles. The second-order valence-electron chi connectivity index (χ2n) is 9.66. The molecule has 3 atom stereocenters. The molecule has 0 radical (unpaired) electrons. The molecule has 3 aliphatic rings. The third-order valence-corrected chi connectivity index (χ3v) is 7.43. The highest BCUT2D eigenvalue weighted by molar-refractivity contribution is 6.05. The molecule has 34 heavy (non-hydrogen) atoms. The topological polar surface area (TPSA) is 86.8 Å². The van der Waals surface area contributed by atoms with Gasteiger partial charge in [0.1, 0.15) is 6.04 Å². The van der Waals surface area contributed by atoms with Crippen LogP contribution in [0.4, 0.5) is 0 Å². The van der Waals surface area contributed by atoms with Gasteiger partial charge in [0, 0.05) is 25.6 Å². The fraction of sp³-hybridized carbons (Fsp3) is 0.556. The van der Waals surface area contributed by atoms with Gasteiger partial charge >= 0.3 is 0 Å². The highest BCUT2D eigenvalue weighted by Crippen LogP contribution is 2.35. The average molecular weight is 466 g/mol. The first-order valence-electron chi connectivity index (χ1n) is 12.6. The standard InChI is InChI=1S/C27H35N3O4/c1-2-23(25(32)28-20-12-6-7-13-20)30(18-19-10-4-3-5-11-19)24(31)16-17-29-26(33)21-14-8-9-15-22(21)27(29)34/h3-5,8-11,20-23H,2,6-7,12-18H2,1H3,(H,28,32)/t21-,22+,23-/m0/s1. The van der Waals surface area contributed by atoms with Crippen molar-refractivity contribution < 1.29 is 19.2 Å². The molecule has 1 aromatic rings. The first-order chi connectivity index (χ1) is 16.5. The first-order valence-corrected chi connectivity index (χ1v) is 12.6. The maximum atomic E-state index is 13.5. The van der Waals surface area contributed by atoms with Crippen molar-refractivity contribution in [2.75, 3.05) is 6.54 Å². The van der Waals surface area contributed by atoms with Crippen molar-refractivity contribution in [3.05, 3.63) is 48.0 Å². The Bertz CT molecular complexity index is 912. The minimum atomic E-state index is -0.593. The summed E-state index contributed by atoms with van der Waals surface area (Å²) in [6, 6.07) is 9.19. The summed E-state index contributed by atoms with van der Waals surface area (Å²) in [4.78, 5) is 55.1. The van der Waals surface area contributed by atoms with E-state index in [1.54, 1.807) is 4.90 Å². The van der Waals surface area contributed by atoms with Crippen LogP contribution in [0.3, 0.4) is 0 Å². The predicted octanol–water partition coefficient (Wildman–Crippen LogP) is 3.19. The molecule has 2 fully saturated rings. The van der Waals surface area contributed by atoms with Gasteiger partial charge in [0.05, 0.1) is 11.8 Å². The number of allylic oxidation sites excluding steroid dienone is 2. The summed E-state index contributed by atoms with van der Waals surface area (Å²) in [6.45, 7) is 2.29. The van der Waals surface area contributed by atoms with Crippen molar-refractivity contribution in [3.63, 3.8) is 0 Å². The van der Waals surface area contributed by atoms with Crippen LogP contribution >= 0.6 is 0 Å². The van der Waals surface area contributed by atoms with E-state index in [9.17, 15) is 19.2 Å². The molecule has 4 amide bonds. The van der Waals surface area contributed by atoms with Crippen molar-refractivity contribution in [3.8, 4) is 0 Å². The van der Waals surface area contributed by atoms with E-state index in [2.05, 4.69) is 5.32 Å². The van der Waals surface area contributed by atoms with Crippen molar-refractivity contribution in [2.24, 2.45) is 11.8 Å². The Labute approximate surface area is 201 Å². The van der Waals surface area contributed by atoms with E-state index in [0.29, 0.717) is 25.8 Å². The highest BCUT2D eigenvalue weighted by Gasteiger charge is 2.47. The molecule has 7 nitrogen and oxygen atoms in total. The maximum absolute atomic E-state index is 13.5. The number of carbonyl (C=O) groups is 4. The molecule has 4 rings (SSSR count). The number of nitrogens with one attached hydrogen (secondary N) is 1. The van der Waals surface area contributed by atoms with E-state index >= 15 is 0 Å². The van der Waals surface area contributed by atoms with Crippen LogP contribution in [0, 0.1) is 11.8 Å². The molecule has 0 unspecified atom stereocenters. The number of rotatable bonds is 9. The van der Waals surface area contributed by atoms with Crippen LogP contribution in [0.15, 0.2) is 42.5 Å². The minimum absolute atomic E-state index is 0.0182. The van der Waals surface area contributed by atoms with Crippen LogP contribution < -0.4 is 5.32 Å². The molecule has 1 aromatic carbocycles. The van der Waals surface area contributed by atoms with E-state index < -0.39 is 6.04 Å². The van der Waals surface area contributed by atoms with Crippen molar-refractivity contribution in [1.29, 1.82) is 0 Å². The van der Waals surface area contributed by atoms with Crippen LogP contribution in [0.1, 0.15) is 63.9 Å². The lowest BCUT2D eigenvalue weighted by atomic mass is 9.85. The normalized spacial score (nSPS) is 23.1. The molecule has 1 heterocycles. The Morgan fingerprint density at radius 1 is 1.03 bits per heavy atom. The van der Waals surface area contributed by atoms with Crippen LogP contribution in [0.5, 0.6) is 0 Å². The summed E-state index contributed by atoms with van der Waals surface area (Å²) in [5.41, 5.74) is 0.938. The van der Waals surface area contributed by atoms with Gasteiger partial charge in [-0.3, -0.25) is 24.1 Å². The smallest absolute Gasteiger partial charge is 0.243 e. The summed E-state index contributed by atoms with van der Waals surface area (Å²) in [5.74, 6) is -1.28. The van der Waals surface area contributed by atoms with Crippen molar-refractivity contribution in [1.82, 2.24) is 15.1 Å². The third kappa shape index (κ3) is 5.24. The predicted molar refractivity (Wildman–Crippen MR) is 128 cm³/mol. The van der Waals surface area contributed by atoms with E-state index in [1.165, 1.54) is 4.90 Å². The maximum Gasteiger partial charge on any atom is 0.243 e. The van der Waals surface area contributed by atoms with Gasteiger partial charge in [0.25, 0.3) is 0 Å². The molecule has 7 heteroatoms. The largest absolute Gasteiger partial charge is 0.352 e. The molecule has 0 bridgehead atoms. The zero-order valence-electron chi connectivity index (χ0n) is 19.9. The molecule has 1 saturated carbocycles. The summed E-state index contributed by atoms with van der Waals surface area (Å²) in [6.07, 6.45) is 9.77. The molecule has 182 valence electrons. The number of imide groups is 1. The molecule has 2 aliphatic carbocycles. The molecule has 0 aromatic heterocycles. The zero-order valence-corrected chi connectivity index (χ0v) is 19.9. The number of nitrogens with zero attached hydrogens (tertiary/aromatic N) is 2. The van der Waals surface area contributed by atoms with Gasteiger partial charge in [-0.1, -0.05) is 62.2 Å². The Morgan fingerprint density at radius 3 is 2.24 bits per heavy atom. The van der Waals surface area contributed by atoms with E-state index in [0.717, 1.165) is 31.2 Å². The van der Waals surface area contributed by atoms with Gasteiger partial charge in [-0.25, -0.2) is 0 Å². The van der Waals surface area contributed by atoms with Crippen LogP contribution in [-0.2, 0) is 25.7 Å². The Morgan fingerprint density at radius 2 is 1.65 bits per heavy atom. The Kier molecular flexibility index (Phi) is 7.80. The van der Waals surface area contributed by atoms with Gasteiger partial charge < -0.3 is 10.2 Å². The molecule has 1 N–H and O–H groups in total. The van der Waals surface area contributed by atoms with Gasteiger partial charge in [-0.15, -0.1) is 0 Å². The molecule has 1 saturated heterocycles. The Balaban J connectivity index is 1.46. The molecular weight excluding hydrogens is 430 g/mol. The van der Waals surface area contributed by atoms with E-state index in [4.69, 9.17) is 0 Å². The minimum Gasteiger partial charge on any atom is -0.352 e. The van der Waals surface area contributed by atoms with Gasteiger partial charge in [0.2, 0.25) is 23.6 Å². The number of amides is 4. The number of hydrogen-bond donors (Lipinski definition) is 1. The van der Waals surface area contributed by atoms with Crippen molar-refractivity contribution in [2.45, 2.75) is 76.9 Å². The quantitative estimate of drug-likeness (QED) is 0.448. The molecular formula is C27H35N3O4. The highest BCUT2D eigenvalue weighted by atomic mass is 16.2. The fourth-order valence-electron chi connectivity index (χ4n) is 5.51. The monoisotopic (exact) mass is 465 g/mol. The van der Waals surface area contributed by atoms with Crippen molar-refractivity contribution >= 4 is 23.6 Å². The number of fused-ring (bicyclic) bond motifs is 1. The van der Waals surface area contributed by atoms with E-state index in [-0.39, 0.29) is 54.5 Å². The summed E-state index contributed by atoms with van der Waals surface area (Å²) in [7, 11) is 0. The lowest BCUT2D eigenvalue weighted by Crippen LogP contribution is -2.51. The molecule has 0 spiro atoms. The number of benzene rings is 1. The zero-order chi connectivity index (χ0) is 24.1. The lowest BCUT2D eigenvalue weighted by molar-refractivity contribution is -0.144. The van der Waals surface area contributed by atoms with Crippen LogP contribution in [-0.4, -0.2) is 52.1 Å². The van der Waals surface area contributed by atoms with Crippen LogP contribution in [0.25, 0.3) is 0 Å². The van der Waals surface area contributed by atoms with Gasteiger partial charge in [-0.2, -0.15) is 0 Å². The summed E-state index contributed by atoms with van der Waals surface area (Å²) < 4.78 is 0. The second-order valence-corrected chi connectivity index (χ2v) is 9.66. The summed E-state index contributed by atoms with van der Waals surface area (Å²) in [5, 5.41) is 3.14. The van der Waals surface area contributed by atoms with Crippen LogP contribution in [0.2, 0.25) is 0 Å². The number of carbonyl (C=O) groups excluding carboxylic acids is 4. The summed E-state index contributed by atoms with van der Waals surface area (Å²) >= 11 is 0. The fourth-order valence-corrected chi connectivity index (χ4v) is 5.51. The Hall–Kier alpha value is -2.96. The number of hydrogen-bond acceptors (Lipinski definition) is 4. The number of likely N-dealkylation sites (tertiary alicyclic amines) is 1. The lowest BCUT2D eigenvalue weighted by Gasteiger charge is -2.32. The SMILES string of the molecule is CC[C@@H](C(=O)NC1CCCC1)N(Cc1ccccc1)C(=O)CCN1C(=O)[C@H]2CC=CC[C@H]2C1=O. The first kappa shape index (κ1) is 24.2. The van der Waals surface area contributed by atoms with Gasteiger partial charge in [-0.05, 0) is 37.7 Å². The van der Waals surface area contributed by atoms with Gasteiger partial charge in [0.15, 0.2) is 0 Å². The third-order valence-electron chi connectivity index (χ3n) is 7.43. The second kappa shape index (κ2) is 11.0.